The van der Waals surface area contributed by atoms with E-state index in [9.17, 15) is 55.6 Å². The Bertz CT molecular complexity index is 1820. The quantitative estimate of drug-likeness (QED) is 0.0987. The first kappa shape index (κ1) is 38.5. The first-order chi connectivity index (χ1) is 24.5. The van der Waals surface area contributed by atoms with Crippen LogP contribution in [-0.4, -0.2) is 46.5 Å². The van der Waals surface area contributed by atoms with Crippen LogP contribution < -0.4 is 9.64 Å². The summed E-state index contributed by atoms with van der Waals surface area (Å²) in [4.78, 5) is 28.1. The lowest BCUT2D eigenvalue weighted by atomic mass is 9.68. The van der Waals surface area contributed by atoms with Crippen LogP contribution in [0.2, 0.25) is 0 Å². The van der Waals surface area contributed by atoms with Crippen LogP contribution in [0.25, 0.3) is 6.08 Å². The van der Waals surface area contributed by atoms with Gasteiger partial charge in [0.25, 0.3) is 0 Å². The number of rotatable bonds is 12. The second kappa shape index (κ2) is 15.5. The second-order valence-corrected chi connectivity index (χ2v) is 12.9. The Balaban J connectivity index is 1.51. The summed E-state index contributed by atoms with van der Waals surface area (Å²) in [6.07, 6.45) is -8.73. The van der Waals surface area contributed by atoms with Gasteiger partial charge >= 0.3 is 12.4 Å². The van der Waals surface area contributed by atoms with E-state index in [0.717, 1.165) is 11.6 Å². The summed E-state index contributed by atoms with van der Waals surface area (Å²) < 4.78 is 102. The number of imide groups is 1. The summed E-state index contributed by atoms with van der Waals surface area (Å²) in [6, 6.07) is 12.8. The summed E-state index contributed by atoms with van der Waals surface area (Å²) in [6.45, 7) is 0.933. The number of benzene rings is 3. The zero-order valence-corrected chi connectivity index (χ0v) is 27.8. The Kier molecular flexibility index (Phi) is 11.5. The Hall–Kier alpha value is -4.69. The Morgan fingerprint density at radius 3 is 2.17 bits per heavy atom. The van der Waals surface area contributed by atoms with Crippen molar-refractivity contribution in [1.29, 1.82) is 0 Å². The molecule has 5 rings (SSSR count). The van der Waals surface area contributed by atoms with Crippen molar-refractivity contribution in [2.75, 3.05) is 18.1 Å². The fourth-order valence-corrected chi connectivity index (χ4v) is 7.02. The third-order valence-corrected chi connectivity index (χ3v) is 9.38. The molecule has 0 aromatic heterocycles. The molecule has 3 N–H and O–H groups in total. The van der Waals surface area contributed by atoms with Crippen molar-refractivity contribution in [3.05, 3.63) is 106 Å². The molecule has 14 heteroatoms. The van der Waals surface area contributed by atoms with E-state index in [4.69, 9.17) is 4.74 Å². The number of phenolic OH excluding ortho intramolecular Hbond substituents is 1. The summed E-state index contributed by atoms with van der Waals surface area (Å²) in [5.41, 5.74) is -2.50. The molecule has 1 fully saturated rings. The number of nitrogens with zero attached hydrogens (tertiary/aromatic N) is 1. The zero-order valence-electron chi connectivity index (χ0n) is 27.8. The third-order valence-electron chi connectivity index (χ3n) is 9.38. The number of aliphatic hydroxyl groups is 2. The molecule has 1 heterocycles. The summed E-state index contributed by atoms with van der Waals surface area (Å²) >= 11 is 0. The van der Waals surface area contributed by atoms with Crippen molar-refractivity contribution < 1.29 is 60.4 Å². The predicted molar refractivity (Wildman–Crippen MR) is 176 cm³/mol. The number of allylic oxidation sites excluding steroid dienone is 1. The van der Waals surface area contributed by atoms with Gasteiger partial charge in [0.2, 0.25) is 11.8 Å². The molecule has 0 unspecified atom stereocenters. The highest BCUT2D eigenvalue weighted by molar-refractivity contribution is 6.22. The van der Waals surface area contributed by atoms with Gasteiger partial charge in [-0.25, -0.2) is 9.29 Å². The first-order valence-electron chi connectivity index (χ1n) is 16.6. The van der Waals surface area contributed by atoms with E-state index < -0.39 is 83.0 Å². The van der Waals surface area contributed by atoms with Gasteiger partial charge in [-0.1, -0.05) is 49.3 Å². The van der Waals surface area contributed by atoms with Crippen LogP contribution in [-0.2, 0) is 21.9 Å². The summed E-state index contributed by atoms with van der Waals surface area (Å²) in [5, 5.41) is 32.0. The molecule has 1 aliphatic carbocycles. The Morgan fingerprint density at radius 2 is 1.60 bits per heavy atom. The zero-order chi connectivity index (χ0) is 38.0. The Morgan fingerprint density at radius 1 is 0.942 bits per heavy atom. The molecule has 4 atom stereocenters. The standard InChI is InChI=1S/C38H36F7NO6/c1-2-6-21(13-22-10-11-31(48)30(39)14-22)9-12-32(49)33-23(20-52-27-7-4-3-5-8-27)15-28-34(29(33)19-47)36(51)46(35(28)50)26-17-24(37(40,41)42)16-25(18-26)38(43,44)45/h3-5,7-8,10-11,13-14,16-18,28-29,32,34,47-49H,2,6,9,12,15,19-20H2,1H3/b21-13+/t28-,29+,32-,34-/m1/s1. The number of aromatic hydroxyl groups is 1. The highest BCUT2D eigenvalue weighted by Gasteiger charge is 2.56. The number of hydrogen-bond donors (Lipinski definition) is 3. The van der Waals surface area contributed by atoms with E-state index >= 15 is 0 Å². The van der Waals surface area contributed by atoms with Crippen LogP contribution in [0, 0.1) is 23.6 Å². The van der Waals surface area contributed by atoms with Gasteiger partial charge in [-0.3, -0.25) is 9.59 Å². The maximum absolute atomic E-state index is 14.0. The monoisotopic (exact) mass is 735 g/mol. The number of amides is 2. The number of carbonyl (C=O) groups is 2. The molecule has 3 aromatic carbocycles. The van der Waals surface area contributed by atoms with Crippen LogP contribution in [0.3, 0.4) is 0 Å². The normalized spacial score (nSPS) is 20.4. The molecule has 3 aromatic rings. The lowest BCUT2D eigenvalue weighted by Crippen LogP contribution is -2.40. The third kappa shape index (κ3) is 8.34. The second-order valence-electron chi connectivity index (χ2n) is 12.9. The van der Waals surface area contributed by atoms with Crippen molar-refractivity contribution in [1.82, 2.24) is 0 Å². The molecule has 7 nitrogen and oxygen atoms in total. The average Bonchev–Trinajstić information content (AvgIpc) is 3.35. The lowest BCUT2D eigenvalue weighted by Gasteiger charge is -2.36. The largest absolute Gasteiger partial charge is 0.505 e. The fraction of sp³-hybridized carbons (Fsp3) is 0.368. The van der Waals surface area contributed by atoms with E-state index in [2.05, 4.69) is 0 Å². The SMILES string of the molecule is CCC/C(=C\c1ccc(O)c(F)c1)CC[C@@H](O)C1=C(COc2ccccc2)C[C@H]2C(=O)N(c3cc(C(F)(F)F)cc(C(F)(F)F)c3)C(=O)[C@H]2[C@H]1CO. The smallest absolute Gasteiger partial charge is 0.416 e. The van der Waals surface area contributed by atoms with Gasteiger partial charge in [0.15, 0.2) is 11.6 Å². The number of phenols is 1. The van der Waals surface area contributed by atoms with Crippen molar-refractivity contribution in [2.24, 2.45) is 17.8 Å². The average molecular weight is 736 g/mol. The number of ether oxygens (including phenoxy) is 1. The summed E-state index contributed by atoms with van der Waals surface area (Å²) in [5.74, 6) is -6.97. The van der Waals surface area contributed by atoms with Crippen LogP contribution in [0.15, 0.2) is 83.4 Å². The van der Waals surface area contributed by atoms with E-state index in [1.165, 1.54) is 12.1 Å². The number of alkyl halides is 6. The first-order valence-corrected chi connectivity index (χ1v) is 16.6. The van der Waals surface area contributed by atoms with E-state index in [1.807, 2.05) is 6.92 Å². The van der Waals surface area contributed by atoms with Crippen LogP contribution in [0.5, 0.6) is 11.5 Å². The molecule has 2 aliphatic rings. The minimum Gasteiger partial charge on any atom is -0.505 e. The van der Waals surface area contributed by atoms with Gasteiger partial charge in [-0.2, -0.15) is 26.3 Å². The van der Waals surface area contributed by atoms with Crippen molar-refractivity contribution >= 4 is 23.6 Å². The molecule has 1 saturated heterocycles. The number of fused-ring (bicyclic) bond motifs is 1. The van der Waals surface area contributed by atoms with Crippen LogP contribution >= 0.6 is 0 Å². The van der Waals surface area contributed by atoms with Gasteiger partial charge in [0, 0.05) is 5.92 Å². The lowest BCUT2D eigenvalue weighted by molar-refractivity contribution is -0.143. The number of hydrogen-bond acceptors (Lipinski definition) is 6. The van der Waals surface area contributed by atoms with Gasteiger partial charge in [0.05, 0.1) is 41.4 Å². The van der Waals surface area contributed by atoms with Crippen LogP contribution in [0.4, 0.5) is 36.4 Å². The number of carbonyl (C=O) groups excluding carboxylic acids is 2. The van der Waals surface area contributed by atoms with Gasteiger partial charge in [0.1, 0.15) is 12.4 Å². The number of halogens is 7. The van der Waals surface area contributed by atoms with Gasteiger partial charge in [-0.15, -0.1) is 0 Å². The minimum absolute atomic E-state index is 0.0406. The molecule has 0 bridgehead atoms. The maximum atomic E-state index is 14.0. The highest BCUT2D eigenvalue weighted by atomic mass is 19.4. The molecule has 278 valence electrons. The minimum atomic E-state index is -5.23. The van der Waals surface area contributed by atoms with Crippen LogP contribution in [0.1, 0.15) is 55.7 Å². The topological polar surface area (TPSA) is 107 Å². The summed E-state index contributed by atoms with van der Waals surface area (Å²) in [7, 11) is 0. The molecule has 0 spiro atoms. The number of aliphatic hydroxyl groups excluding tert-OH is 2. The number of anilines is 1. The molecule has 0 saturated carbocycles. The van der Waals surface area contributed by atoms with Gasteiger partial charge in [-0.05, 0) is 84.9 Å². The Labute approximate surface area is 294 Å². The molecular weight excluding hydrogens is 699 g/mol. The molecule has 0 radical (unpaired) electrons. The molecule has 52 heavy (non-hydrogen) atoms. The molecular formula is C38H36F7NO6. The van der Waals surface area contributed by atoms with E-state index in [0.29, 0.717) is 46.8 Å². The van der Waals surface area contributed by atoms with Crippen molar-refractivity contribution in [3.63, 3.8) is 0 Å². The molecule has 2 amide bonds. The highest BCUT2D eigenvalue weighted by Crippen LogP contribution is 2.48. The molecule has 1 aliphatic heterocycles. The predicted octanol–water partition coefficient (Wildman–Crippen LogP) is 8.09. The number of para-hydroxylation sites is 1. The van der Waals surface area contributed by atoms with E-state index in [-0.39, 0.29) is 37.5 Å². The van der Waals surface area contributed by atoms with Crippen molar-refractivity contribution in [2.45, 2.75) is 57.5 Å². The fourth-order valence-electron chi connectivity index (χ4n) is 7.02. The van der Waals surface area contributed by atoms with E-state index in [1.54, 1.807) is 36.4 Å². The van der Waals surface area contributed by atoms with Crippen molar-refractivity contribution in [3.8, 4) is 11.5 Å². The van der Waals surface area contributed by atoms with Gasteiger partial charge < -0.3 is 20.1 Å². The maximum Gasteiger partial charge on any atom is 0.416 e.